The van der Waals surface area contributed by atoms with Crippen LogP contribution in [0.4, 0.5) is 0 Å². The molecule has 0 saturated carbocycles. The molecule has 0 saturated heterocycles. The molecule has 0 aliphatic carbocycles. The van der Waals surface area contributed by atoms with E-state index in [2.05, 4.69) is 0 Å². The van der Waals surface area contributed by atoms with Gasteiger partial charge in [-0.15, -0.1) is 0 Å². The van der Waals surface area contributed by atoms with Gasteiger partial charge in [0.25, 0.3) is 0 Å². The molecule has 0 spiro atoms. The van der Waals surface area contributed by atoms with E-state index in [-0.39, 0.29) is 13.6 Å². The van der Waals surface area contributed by atoms with E-state index in [0.29, 0.717) is 18.0 Å². The Morgan fingerprint density at radius 2 is 1.50 bits per heavy atom. The van der Waals surface area contributed by atoms with Gasteiger partial charge in [0, 0.05) is 26.3 Å². The second kappa shape index (κ2) is 7.05. The Morgan fingerprint density at radius 3 is 1.88 bits per heavy atom. The van der Waals surface area contributed by atoms with Gasteiger partial charge in [0.05, 0.1) is 0 Å². The van der Waals surface area contributed by atoms with Gasteiger partial charge in [-0.2, -0.15) is 0 Å². The Balaban J connectivity index is 2.82. The maximum atomic E-state index is 5.65. The van der Waals surface area contributed by atoms with Crippen molar-refractivity contribution in [1.29, 1.82) is 0 Å². The van der Waals surface area contributed by atoms with Crippen molar-refractivity contribution >= 4 is 0 Å². The van der Waals surface area contributed by atoms with Crippen LogP contribution >= 0.6 is 0 Å². The normalized spacial score (nSPS) is 10.2. The van der Waals surface area contributed by atoms with Crippen LogP contribution < -0.4 is 15.2 Å². The average molecular weight is 227 g/mol. The third kappa shape index (κ3) is 3.37. The molecule has 1 rings (SSSR count). The number of hydrogen-bond acceptors (Lipinski definition) is 5. The van der Waals surface area contributed by atoms with Crippen molar-refractivity contribution in [3.05, 3.63) is 23.8 Å². The molecule has 0 bridgehead atoms. The minimum Gasteiger partial charge on any atom is -0.467 e. The molecule has 1 aromatic carbocycles. The van der Waals surface area contributed by atoms with Crippen molar-refractivity contribution in [3.8, 4) is 11.5 Å². The first-order valence-corrected chi connectivity index (χ1v) is 4.89. The standard InChI is InChI=1S/C11H17NO4/c1-13-7-15-10-4-3-5-11(9(10)6-12)16-8-14-2/h3-5H,6-8,12H2,1-2H3. The summed E-state index contributed by atoms with van der Waals surface area (Å²) in [4.78, 5) is 0. The molecule has 5 heteroatoms. The molecule has 1 aromatic rings. The third-order valence-corrected chi connectivity index (χ3v) is 1.96. The monoisotopic (exact) mass is 227 g/mol. The summed E-state index contributed by atoms with van der Waals surface area (Å²) >= 11 is 0. The van der Waals surface area contributed by atoms with E-state index in [1.165, 1.54) is 0 Å². The molecule has 90 valence electrons. The Bertz CT molecular complexity index is 291. The predicted octanol–water partition coefficient (Wildman–Crippen LogP) is 1.11. The first-order valence-electron chi connectivity index (χ1n) is 4.89. The van der Waals surface area contributed by atoms with E-state index in [0.717, 1.165) is 5.56 Å². The summed E-state index contributed by atoms with van der Waals surface area (Å²) in [6, 6.07) is 5.47. The molecule has 16 heavy (non-hydrogen) atoms. The molecule has 0 aromatic heterocycles. The van der Waals surface area contributed by atoms with Crippen LogP contribution in [0.1, 0.15) is 5.56 Å². The fraction of sp³-hybridized carbons (Fsp3) is 0.455. The van der Waals surface area contributed by atoms with Gasteiger partial charge in [0.1, 0.15) is 11.5 Å². The van der Waals surface area contributed by atoms with Crippen molar-refractivity contribution < 1.29 is 18.9 Å². The smallest absolute Gasteiger partial charge is 0.188 e. The lowest BCUT2D eigenvalue weighted by molar-refractivity contribution is 0.0447. The van der Waals surface area contributed by atoms with Crippen molar-refractivity contribution in [3.63, 3.8) is 0 Å². The van der Waals surface area contributed by atoms with Gasteiger partial charge < -0.3 is 24.7 Å². The van der Waals surface area contributed by atoms with Crippen LogP contribution in [0.2, 0.25) is 0 Å². The van der Waals surface area contributed by atoms with Gasteiger partial charge in [-0.3, -0.25) is 0 Å². The minimum absolute atomic E-state index is 0.181. The van der Waals surface area contributed by atoms with E-state index in [4.69, 9.17) is 24.7 Å². The highest BCUT2D eigenvalue weighted by Crippen LogP contribution is 2.28. The van der Waals surface area contributed by atoms with Crippen molar-refractivity contribution in [1.82, 2.24) is 0 Å². The average Bonchev–Trinajstić information content (AvgIpc) is 2.33. The Hall–Kier alpha value is -1.30. The molecule has 0 amide bonds. The lowest BCUT2D eigenvalue weighted by atomic mass is 10.2. The second-order valence-electron chi connectivity index (χ2n) is 3.04. The van der Waals surface area contributed by atoms with Crippen molar-refractivity contribution in [2.75, 3.05) is 27.8 Å². The molecule has 0 radical (unpaired) electrons. The number of hydrogen-bond donors (Lipinski definition) is 1. The largest absolute Gasteiger partial charge is 0.467 e. The predicted molar refractivity (Wildman–Crippen MR) is 59.3 cm³/mol. The van der Waals surface area contributed by atoms with E-state index in [1.54, 1.807) is 14.2 Å². The highest BCUT2D eigenvalue weighted by Gasteiger charge is 2.09. The summed E-state index contributed by atoms with van der Waals surface area (Å²) < 4.78 is 20.4. The number of benzene rings is 1. The van der Waals surface area contributed by atoms with Crippen LogP contribution in [0.5, 0.6) is 11.5 Å². The van der Waals surface area contributed by atoms with Crippen LogP contribution in [0.3, 0.4) is 0 Å². The van der Waals surface area contributed by atoms with Crippen LogP contribution in [0.15, 0.2) is 18.2 Å². The van der Waals surface area contributed by atoms with E-state index in [1.807, 2.05) is 18.2 Å². The Kier molecular flexibility index (Phi) is 5.63. The van der Waals surface area contributed by atoms with Crippen LogP contribution in [-0.4, -0.2) is 27.8 Å². The second-order valence-corrected chi connectivity index (χ2v) is 3.04. The molecule has 2 N–H and O–H groups in total. The zero-order valence-corrected chi connectivity index (χ0v) is 9.56. The topological polar surface area (TPSA) is 62.9 Å². The summed E-state index contributed by atoms with van der Waals surface area (Å²) in [5, 5.41) is 0. The highest BCUT2D eigenvalue weighted by atomic mass is 16.7. The maximum Gasteiger partial charge on any atom is 0.188 e. The Morgan fingerprint density at radius 1 is 1.00 bits per heavy atom. The van der Waals surface area contributed by atoms with Crippen molar-refractivity contribution in [2.45, 2.75) is 6.54 Å². The molecule has 0 fully saturated rings. The molecular weight excluding hydrogens is 210 g/mol. The first-order chi connectivity index (χ1) is 7.83. The SMILES string of the molecule is COCOc1cccc(OCOC)c1CN. The minimum atomic E-state index is 0.181. The van der Waals surface area contributed by atoms with Crippen LogP contribution in [-0.2, 0) is 16.0 Å². The summed E-state index contributed by atoms with van der Waals surface area (Å²) in [5.41, 5.74) is 6.46. The van der Waals surface area contributed by atoms with Gasteiger partial charge in [0.15, 0.2) is 13.6 Å². The third-order valence-electron chi connectivity index (χ3n) is 1.96. The zero-order chi connectivity index (χ0) is 11.8. The van der Waals surface area contributed by atoms with Gasteiger partial charge in [0.2, 0.25) is 0 Å². The summed E-state index contributed by atoms with van der Waals surface area (Å²) in [5.74, 6) is 1.33. The van der Waals surface area contributed by atoms with Gasteiger partial charge in [-0.25, -0.2) is 0 Å². The fourth-order valence-electron chi connectivity index (χ4n) is 1.26. The zero-order valence-electron chi connectivity index (χ0n) is 9.56. The van der Waals surface area contributed by atoms with E-state index < -0.39 is 0 Å². The molecule has 0 heterocycles. The number of nitrogens with two attached hydrogens (primary N) is 1. The first kappa shape index (κ1) is 12.8. The van der Waals surface area contributed by atoms with Gasteiger partial charge in [-0.05, 0) is 12.1 Å². The van der Waals surface area contributed by atoms with Crippen LogP contribution in [0, 0.1) is 0 Å². The Labute approximate surface area is 95.1 Å². The van der Waals surface area contributed by atoms with Gasteiger partial charge in [-0.1, -0.05) is 6.07 Å². The summed E-state index contributed by atoms with van der Waals surface area (Å²) in [6.07, 6.45) is 0. The molecule has 0 aliphatic rings. The summed E-state index contributed by atoms with van der Waals surface area (Å²) in [6.45, 7) is 0.695. The number of ether oxygens (including phenoxy) is 4. The quantitative estimate of drug-likeness (QED) is 0.707. The van der Waals surface area contributed by atoms with E-state index >= 15 is 0 Å². The highest BCUT2D eigenvalue weighted by molar-refractivity contribution is 5.44. The number of methoxy groups -OCH3 is 2. The molecular formula is C11H17NO4. The lowest BCUT2D eigenvalue weighted by Gasteiger charge is -2.14. The number of rotatable bonds is 7. The fourth-order valence-corrected chi connectivity index (χ4v) is 1.26. The van der Waals surface area contributed by atoms with Gasteiger partial charge >= 0.3 is 0 Å². The lowest BCUT2D eigenvalue weighted by Crippen LogP contribution is -2.08. The van der Waals surface area contributed by atoms with E-state index in [9.17, 15) is 0 Å². The van der Waals surface area contributed by atoms with Crippen molar-refractivity contribution in [2.24, 2.45) is 5.73 Å². The molecule has 0 aliphatic heterocycles. The molecule has 0 atom stereocenters. The molecule has 0 unspecified atom stereocenters. The maximum absolute atomic E-state index is 5.65. The molecule has 5 nitrogen and oxygen atoms in total. The van der Waals surface area contributed by atoms with Crippen LogP contribution in [0.25, 0.3) is 0 Å². The summed E-state index contributed by atoms with van der Waals surface area (Å²) in [7, 11) is 3.13.